The second-order valence-corrected chi connectivity index (χ2v) is 6.05. The van der Waals surface area contributed by atoms with Crippen molar-refractivity contribution in [3.8, 4) is 6.07 Å². The number of carbonyl (C=O) groups is 1. The minimum atomic E-state index is -0.0541. The first-order valence-corrected chi connectivity index (χ1v) is 8.46. The first-order valence-electron chi connectivity index (χ1n) is 7.06. The summed E-state index contributed by atoms with van der Waals surface area (Å²) >= 11 is 1.84. The van der Waals surface area contributed by atoms with Gasteiger partial charge in [-0.1, -0.05) is 12.1 Å². The third-order valence-electron chi connectivity index (χ3n) is 3.51. The van der Waals surface area contributed by atoms with E-state index >= 15 is 0 Å². The van der Waals surface area contributed by atoms with Crippen LogP contribution in [0.4, 0.5) is 5.69 Å². The normalized spacial score (nSPS) is 12.0. The summed E-state index contributed by atoms with van der Waals surface area (Å²) in [4.78, 5) is 14.2. The fourth-order valence-electron chi connectivity index (χ4n) is 1.91. The zero-order chi connectivity index (χ0) is 15.7. The number of hydrogen-bond acceptors (Lipinski definition) is 4. The van der Waals surface area contributed by atoms with Gasteiger partial charge in [-0.05, 0) is 44.5 Å². The molecule has 0 radical (unpaired) electrons. The number of hydrogen-bond donors (Lipinski definition) is 1. The van der Waals surface area contributed by atoms with Crippen molar-refractivity contribution in [1.82, 2.24) is 4.90 Å². The molecule has 0 fully saturated rings. The second kappa shape index (κ2) is 9.43. The van der Waals surface area contributed by atoms with Crippen molar-refractivity contribution in [2.45, 2.75) is 25.8 Å². The Labute approximate surface area is 131 Å². The van der Waals surface area contributed by atoms with Gasteiger partial charge in [-0.3, -0.25) is 4.79 Å². The molecule has 21 heavy (non-hydrogen) atoms. The number of para-hydroxylation sites is 1. The summed E-state index contributed by atoms with van der Waals surface area (Å²) in [7, 11) is 2.04. The van der Waals surface area contributed by atoms with Crippen LogP contribution in [0.25, 0.3) is 0 Å². The van der Waals surface area contributed by atoms with Crippen molar-refractivity contribution in [3.63, 3.8) is 0 Å². The number of carbonyl (C=O) groups excluding carboxylic acids is 1. The summed E-state index contributed by atoms with van der Waals surface area (Å²) in [6.07, 6.45) is 3.66. The summed E-state index contributed by atoms with van der Waals surface area (Å²) in [6, 6.07) is 9.60. The number of nitriles is 1. The molecule has 0 saturated carbocycles. The number of benzene rings is 1. The molecule has 1 amide bonds. The van der Waals surface area contributed by atoms with E-state index in [2.05, 4.69) is 29.5 Å². The predicted octanol–water partition coefficient (Wildman–Crippen LogP) is 2.96. The fraction of sp³-hybridized carbons (Fsp3) is 0.500. The molecule has 1 unspecified atom stereocenters. The van der Waals surface area contributed by atoms with Gasteiger partial charge in [0.15, 0.2) is 0 Å². The Kier molecular flexibility index (Phi) is 7.88. The lowest BCUT2D eigenvalue weighted by Gasteiger charge is -2.24. The third-order valence-corrected chi connectivity index (χ3v) is 4.15. The van der Waals surface area contributed by atoms with E-state index in [1.165, 1.54) is 0 Å². The number of rotatable bonds is 8. The maximum absolute atomic E-state index is 12.0. The van der Waals surface area contributed by atoms with Crippen LogP contribution < -0.4 is 5.32 Å². The minimum absolute atomic E-state index is 0.0541. The van der Waals surface area contributed by atoms with Gasteiger partial charge in [0.25, 0.3) is 0 Å². The number of amides is 1. The quantitative estimate of drug-likeness (QED) is 0.802. The fourth-order valence-corrected chi connectivity index (χ4v) is 2.49. The predicted molar refractivity (Wildman–Crippen MR) is 89.5 cm³/mol. The molecule has 4 nitrogen and oxygen atoms in total. The summed E-state index contributed by atoms with van der Waals surface area (Å²) in [5.41, 5.74) is 1.08. The first-order chi connectivity index (χ1) is 10.1. The van der Waals surface area contributed by atoms with Gasteiger partial charge in [0.05, 0.1) is 11.3 Å². The number of anilines is 1. The zero-order valence-electron chi connectivity index (χ0n) is 12.9. The van der Waals surface area contributed by atoms with Gasteiger partial charge < -0.3 is 10.2 Å². The molecule has 114 valence electrons. The molecule has 5 heteroatoms. The number of nitrogens with one attached hydrogen (secondary N) is 1. The Bertz CT molecular complexity index is 499. The van der Waals surface area contributed by atoms with Crippen LogP contribution >= 0.6 is 11.8 Å². The molecule has 0 aliphatic rings. The van der Waals surface area contributed by atoms with E-state index < -0.39 is 0 Å². The van der Waals surface area contributed by atoms with Gasteiger partial charge in [0.1, 0.15) is 6.07 Å². The summed E-state index contributed by atoms with van der Waals surface area (Å²) in [5, 5.41) is 11.8. The van der Waals surface area contributed by atoms with Crippen molar-refractivity contribution in [3.05, 3.63) is 29.8 Å². The lowest BCUT2D eigenvalue weighted by Crippen LogP contribution is -2.32. The number of nitrogens with zero attached hydrogens (tertiary/aromatic N) is 2. The molecule has 0 saturated heterocycles. The van der Waals surface area contributed by atoms with Gasteiger partial charge in [0.2, 0.25) is 5.91 Å². The highest BCUT2D eigenvalue weighted by Gasteiger charge is 2.11. The summed E-state index contributed by atoms with van der Waals surface area (Å²) < 4.78 is 0. The van der Waals surface area contributed by atoms with E-state index in [4.69, 9.17) is 5.26 Å². The third kappa shape index (κ3) is 6.19. The highest BCUT2D eigenvalue weighted by Crippen LogP contribution is 2.14. The standard InChI is InChI=1S/C16H23N3OS/c1-13(9-11-21-3)19(2)10-8-16(20)18-15-7-5-4-6-14(15)12-17/h4-7,13H,8-11H2,1-3H3,(H,18,20). The van der Waals surface area contributed by atoms with Gasteiger partial charge in [-0.15, -0.1) is 0 Å². The number of thioether (sulfide) groups is 1. The molecule has 1 atom stereocenters. The molecule has 0 heterocycles. The van der Waals surface area contributed by atoms with Gasteiger partial charge >= 0.3 is 0 Å². The first kappa shape index (κ1) is 17.5. The monoisotopic (exact) mass is 305 g/mol. The van der Waals surface area contributed by atoms with Crippen LogP contribution in [0.2, 0.25) is 0 Å². The maximum atomic E-state index is 12.0. The topological polar surface area (TPSA) is 56.1 Å². The SMILES string of the molecule is CSCCC(C)N(C)CCC(=O)Nc1ccccc1C#N. The highest BCUT2D eigenvalue weighted by atomic mass is 32.2. The molecule has 1 rings (SSSR count). The molecule has 0 bridgehead atoms. The molecule has 0 aromatic heterocycles. The largest absolute Gasteiger partial charge is 0.325 e. The van der Waals surface area contributed by atoms with Crippen molar-refractivity contribution >= 4 is 23.4 Å². The molecular weight excluding hydrogens is 282 g/mol. The van der Waals surface area contributed by atoms with E-state index in [0.717, 1.165) is 18.7 Å². The highest BCUT2D eigenvalue weighted by molar-refractivity contribution is 7.98. The molecule has 1 aromatic rings. The van der Waals surface area contributed by atoms with Crippen LogP contribution in [-0.2, 0) is 4.79 Å². The van der Waals surface area contributed by atoms with Crippen LogP contribution in [0.3, 0.4) is 0 Å². The molecular formula is C16H23N3OS. The molecule has 0 aliphatic carbocycles. The van der Waals surface area contributed by atoms with E-state index in [9.17, 15) is 4.79 Å². The van der Waals surface area contributed by atoms with E-state index in [1.807, 2.05) is 24.9 Å². The van der Waals surface area contributed by atoms with Crippen LogP contribution in [0.15, 0.2) is 24.3 Å². The van der Waals surface area contributed by atoms with Crippen LogP contribution in [0.1, 0.15) is 25.3 Å². The van der Waals surface area contributed by atoms with Crippen molar-refractivity contribution in [2.24, 2.45) is 0 Å². The lowest BCUT2D eigenvalue weighted by atomic mass is 10.2. The summed E-state index contributed by atoms with van der Waals surface area (Å²) in [5.74, 6) is 1.08. The van der Waals surface area contributed by atoms with Gasteiger partial charge in [-0.25, -0.2) is 0 Å². The van der Waals surface area contributed by atoms with Gasteiger partial charge in [-0.2, -0.15) is 17.0 Å². The smallest absolute Gasteiger partial charge is 0.225 e. The Balaban J connectivity index is 2.42. The Morgan fingerprint density at radius 2 is 2.19 bits per heavy atom. The maximum Gasteiger partial charge on any atom is 0.225 e. The Morgan fingerprint density at radius 3 is 2.86 bits per heavy atom. The van der Waals surface area contributed by atoms with Crippen molar-refractivity contribution < 1.29 is 4.79 Å². The lowest BCUT2D eigenvalue weighted by molar-refractivity contribution is -0.116. The zero-order valence-corrected chi connectivity index (χ0v) is 13.7. The van der Waals surface area contributed by atoms with E-state index in [1.54, 1.807) is 18.2 Å². The van der Waals surface area contributed by atoms with Crippen molar-refractivity contribution in [1.29, 1.82) is 5.26 Å². The molecule has 1 aromatic carbocycles. The van der Waals surface area contributed by atoms with Crippen molar-refractivity contribution in [2.75, 3.05) is 30.9 Å². The van der Waals surface area contributed by atoms with E-state index in [0.29, 0.717) is 23.7 Å². The average molecular weight is 305 g/mol. The Hall–Kier alpha value is -1.51. The van der Waals surface area contributed by atoms with Gasteiger partial charge in [0, 0.05) is 19.0 Å². The summed E-state index contributed by atoms with van der Waals surface area (Å²) in [6.45, 7) is 2.90. The molecule has 1 N–H and O–H groups in total. The van der Waals surface area contributed by atoms with E-state index in [-0.39, 0.29) is 5.91 Å². The van der Waals surface area contributed by atoms with Crippen LogP contribution in [0.5, 0.6) is 0 Å². The molecule has 0 spiro atoms. The average Bonchev–Trinajstić information content (AvgIpc) is 2.50. The minimum Gasteiger partial charge on any atom is -0.325 e. The molecule has 0 aliphatic heterocycles. The second-order valence-electron chi connectivity index (χ2n) is 5.07. The van der Waals surface area contributed by atoms with Crippen LogP contribution in [-0.4, -0.2) is 42.4 Å². The van der Waals surface area contributed by atoms with Crippen LogP contribution in [0, 0.1) is 11.3 Å². The Morgan fingerprint density at radius 1 is 1.48 bits per heavy atom.